The molecule has 6 nitrogen and oxygen atoms in total. The molecule has 0 radical (unpaired) electrons. The summed E-state index contributed by atoms with van der Waals surface area (Å²) in [4.78, 5) is 13.8. The number of carbonyl (C=O) groups is 1. The summed E-state index contributed by atoms with van der Waals surface area (Å²) < 4.78 is 42.5. The topological polar surface area (TPSA) is 80.2 Å². The number of aromatic nitrogens is 1. The van der Waals surface area contributed by atoms with E-state index in [2.05, 4.69) is 10.0 Å². The third-order valence-corrected chi connectivity index (χ3v) is 6.73. The lowest BCUT2D eigenvalue weighted by Gasteiger charge is -2.11. The van der Waals surface area contributed by atoms with Gasteiger partial charge in [-0.2, -0.15) is 0 Å². The lowest BCUT2D eigenvalue weighted by molar-refractivity contribution is 0.101. The molecule has 9 heteroatoms. The van der Waals surface area contributed by atoms with Crippen molar-refractivity contribution in [1.82, 2.24) is 4.57 Å². The van der Waals surface area contributed by atoms with Crippen LogP contribution in [-0.4, -0.2) is 18.9 Å². The van der Waals surface area contributed by atoms with Crippen molar-refractivity contribution >= 4 is 38.6 Å². The first-order valence-corrected chi connectivity index (χ1v) is 11.6. The van der Waals surface area contributed by atoms with Gasteiger partial charge in [0.05, 0.1) is 17.1 Å². The van der Waals surface area contributed by atoms with E-state index in [9.17, 15) is 17.6 Å². The fourth-order valence-corrected chi connectivity index (χ4v) is 4.76. The van der Waals surface area contributed by atoms with E-state index in [1.807, 2.05) is 28.3 Å². The fourth-order valence-electron chi connectivity index (χ4n) is 3.01. The molecule has 0 aliphatic carbocycles. The first kappa shape index (κ1) is 20.8. The maximum absolute atomic E-state index is 13.3. The van der Waals surface area contributed by atoms with Crippen molar-refractivity contribution < 1.29 is 17.6 Å². The highest BCUT2D eigenvalue weighted by Crippen LogP contribution is 2.20. The van der Waals surface area contributed by atoms with E-state index in [0.717, 1.165) is 10.9 Å². The Balaban J connectivity index is 1.45. The van der Waals surface area contributed by atoms with Crippen LogP contribution in [0.5, 0.6) is 0 Å². The summed E-state index contributed by atoms with van der Waals surface area (Å²) in [7, 11) is -3.89. The van der Waals surface area contributed by atoms with Crippen LogP contribution < -0.4 is 10.0 Å². The quantitative estimate of drug-likeness (QED) is 0.420. The lowest BCUT2D eigenvalue weighted by atomic mass is 10.3. The second kappa shape index (κ2) is 8.75. The largest absolute Gasteiger partial charge is 0.338 e. The Bertz CT molecular complexity index is 1300. The maximum atomic E-state index is 13.3. The third-order valence-electron chi connectivity index (χ3n) is 4.47. The van der Waals surface area contributed by atoms with Crippen molar-refractivity contribution in [3.05, 3.63) is 101 Å². The summed E-state index contributed by atoms with van der Waals surface area (Å²) in [6.07, 6.45) is 1.84. The number of sulfonamides is 1. The average Bonchev–Trinajstić information content (AvgIpc) is 3.40. The number of hydrogen-bond acceptors (Lipinski definition) is 4. The number of amides is 1. The Morgan fingerprint density at radius 3 is 2.48 bits per heavy atom. The zero-order chi connectivity index (χ0) is 21.8. The molecule has 0 aliphatic rings. The molecule has 0 spiro atoms. The zero-order valence-electron chi connectivity index (χ0n) is 16.2. The number of anilines is 2. The molecule has 2 N–H and O–H groups in total. The van der Waals surface area contributed by atoms with Crippen LogP contribution in [-0.2, 0) is 16.6 Å². The number of nitrogens with one attached hydrogen (secondary N) is 2. The van der Waals surface area contributed by atoms with Gasteiger partial charge in [-0.3, -0.25) is 9.52 Å². The van der Waals surface area contributed by atoms with Crippen molar-refractivity contribution in [3.63, 3.8) is 0 Å². The van der Waals surface area contributed by atoms with E-state index in [1.165, 1.54) is 42.5 Å². The SMILES string of the molecule is O=C(Nc1ccc(S(=O)(=O)Nc2cccc(F)c2)cc1)c1cccn1Cc1cccs1. The second-order valence-corrected chi connectivity index (χ2v) is 9.41. The Kier molecular flexibility index (Phi) is 5.88. The molecule has 0 saturated heterocycles. The first-order valence-electron chi connectivity index (χ1n) is 9.28. The Labute approximate surface area is 183 Å². The van der Waals surface area contributed by atoms with Gasteiger partial charge in [-0.25, -0.2) is 12.8 Å². The molecular formula is C22H18FN3O3S2. The number of nitrogens with zero attached hydrogens (tertiary/aromatic N) is 1. The van der Waals surface area contributed by atoms with Gasteiger partial charge in [-0.15, -0.1) is 11.3 Å². The highest BCUT2D eigenvalue weighted by Gasteiger charge is 2.16. The van der Waals surface area contributed by atoms with Gasteiger partial charge in [0.25, 0.3) is 15.9 Å². The monoisotopic (exact) mass is 455 g/mol. The zero-order valence-corrected chi connectivity index (χ0v) is 17.8. The molecule has 2 aromatic carbocycles. The minimum atomic E-state index is -3.89. The van der Waals surface area contributed by atoms with Gasteiger partial charge in [-0.05, 0) is 66.0 Å². The van der Waals surface area contributed by atoms with Crippen molar-refractivity contribution in [3.8, 4) is 0 Å². The van der Waals surface area contributed by atoms with Crippen LogP contribution in [0.4, 0.5) is 15.8 Å². The van der Waals surface area contributed by atoms with E-state index in [0.29, 0.717) is 17.9 Å². The third kappa shape index (κ3) is 5.01. The predicted molar refractivity (Wildman–Crippen MR) is 119 cm³/mol. The minimum absolute atomic E-state index is 0.00386. The van der Waals surface area contributed by atoms with Crippen molar-refractivity contribution in [2.75, 3.05) is 10.0 Å². The van der Waals surface area contributed by atoms with Crippen LogP contribution in [0.3, 0.4) is 0 Å². The molecule has 158 valence electrons. The highest BCUT2D eigenvalue weighted by molar-refractivity contribution is 7.92. The molecule has 0 atom stereocenters. The summed E-state index contributed by atoms with van der Waals surface area (Å²) in [6.45, 7) is 0.594. The van der Waals surface area contributed by atoms with Crippen LogP contribution in [0, 0.1) is 5.82 Å². The summed E-state index contributed by atoms with van der Waals surface area (Å²) in [6, 6.07) is 18.5. The van der Waals surface area contributed by atoms with E-state index >= 15 is 0 Å². The molecule has 0 aliphatic heterocycles. The van der Waals surface area contributed by atoms with Gasteiger partial charge in [0.1, 0.15) is 11.5 Å². The average molecular weight is 456 g/mol. The molecule has 31 heavy (non-hydrogen) atoms. The standard InChI is InChI=1S/C22H18FN3O3S2/c23-16-4-1-5-18(14-16)25-31(28,29)20-10-8-17(9-11-20)24-22(27)21-7-2-12-26(21)15-19-6-3-13-30-19/h1-14,25H,15H2,(H,24,27). The number of halogens is 1. The molecule has 0 fully saturated rings. The van der Waals surface area contributed by atoms with Gasteiger partial charge in [0.15, 0.2) is 0 Å². The molecule has 4 aromatic rings. The molecule has 4 rings (SSSR count). The van der Waals surface area contributed by atoms with Crippen LogP contribution in [0.2, 0.25) is 0 Å². The molecule has 0 unspecified atom stereocenters. The number of hydrogen-bond donors (Lipinski definition) is 2. The summed E-state index contributed by atoms with van der Waals surface area (Å²) in [5.41, 5.74) is 1.08. The van der Waals surface area contributed by atoms with E-state index in [-0.39, 0.29) is 16.5 Å². The van der Waals surface area contributed by atoms with Gasteiger partial charge in [0.2, 0.25) is 0 Å². The van der Waals surface area contributed by atoms with Gasteiger partial charge in [-0.1, -0.05) is 12.1 Å². The van der Waals surface area contributed by atoms with Crippen molar-refractivity contribution in [2.45, 2.75) is 11.4 Å². The number of benzene rings is 2. The lowest BCUT2D eigenvalue weighted by Crippen LogP contribution is -2.17. The predicted octanol–water partition coefficient (Wildman–Crippen LogP) is 4.79. The Morgan fingerprint density at radius 1 is 0.968 bits per heavy atom. The van der Waals surface area contributed by atoms with Crippen LogP contribution in [0.15, 0.2) is 89.3 Å². The summed E-state index contributed by atoms with van der Waals surface area (Å²) in [5.74, 6) is -0.836. The van der Waals surface area contributed by atoms with Crippen LogP contribution >= 0.6 is 11.3 Å². The first-order chi connectivity index (χ1) is 14.9. The van der Waals surface area contributed by atoms with Crippen molar-refractivity contribution in [2.24, 2.45) is 0 Å². The highest BCUT2D eigenvalue weighted by atomic mass is 32.2. The number of carbonyl (C=O) groups excluding carboxylic acids is 1. The van der Waals surface area contributed by atoms with Crippen molar-refractivity contribution in [1.29, 1.82) is 0 Å². The molecule has 0 saturated carbocycles. The number of rotatable bonds is 7. The number of thiophene rings is 1. The molecule has 0 bridgehead atoms. The normalized spacial score (nSPS) is 11.3. The fraction of sp³-hybridized carbons (Fsp3) is 0.0455. The minimum Gasteiger partial charge on any atom is -0.338 e. The van der Waals surface area contributed by atoms with Gasteiger partial charge < -0.3 is 9.88 Å². The maximum Gasteiger partial charge on any atom is 0.272 e. The molecule has 1 amide bonds. The summed E-state index contributed by atoms with van der Waals surface area (Å²) >= 11 is 1.61. The Hall–Kier alpha value is -3.43. The van der Waals surface area contributed by atoms with Crippen LogP contribution in [0.25, 0.3) is 0 Å². The van der Waals surface area contributed by atoms with E-state index < -0.39 is 15.8 Å². The Morgan fingerprint density at radius 2 is 1.77 bits per heavy atom. The van der Waals surface area contributed by atoms with Gasteiger partial charge >= 0.3 is 0 Å². The molecular weight excluding hydrogens is 437 g/mol. The van der Waals surface area contributed by atoms with E-state index in [1.54, 1.807) is 23.5 Å². The molecule has 2 aromatic heterocycles. The summed E-state index contributed by atoms with van der Waals surface area (Å²) in [5, 5.41) is 4.76. The van der Waals surface area contributed by atoms with E-state index in [4.69, 9.17) is 0 Å². The van der Waals surface area contributed by atoms with Gasteiger partial charge in [0, 0.05) is 16.8 Å². The van der Waals surface area contributed by atoms with Crippen LogP contribution in [0.1, 0.15) is 15.4 Å². The molecule has 2 heterocycles. The second-order valence-electron chi connectivity index (χ2n) is 6.70. The smallest absolute Gasteiger partial charge is 0.272 e.